The maximum atomic E-state index is 12.9. The van der Waals surface area contributed by atoms with E-state index in [1.165, 1.54) is 5.56 Å². The predicted octanol–water partition coefficient (Wildman–Crippen LogP) is 2.57. The summed E-state index contributed by atoms with van der Waals surface area (Å²) in [5, 5.41) is 8.97. The van der Waals surface area contributed by atoms with Gasteiger partial charge < -0.3 is 10.6 Å². The molecule has 2 aliphatic heterocycles. The number of benzene rings is 2. The molecule has 3 fully saturated rings. The molecule has 2 saturated heterocycles. The van der Waals surface area contributed by atoms with E-state index in [1.807, 2.05) is 24.3 Å². The van der Waals surface area contributed by atoms with Crippen molar-refractivity contribution in [2.75, 3.05) is 0 Å². The molecule has 168 valence electrons. The van der Waals surface area contributed by atoms with Crippen molar-refractivity contribution in [2.24, 2.45) is 11.8 Å². The van der Waals surface area contributed by atoms with Crippen molar-refractivity contribution in [3.63, 3.8) is 0 Å². The molecule has 1 aliphatic carbocycles. The van der Waals surface area contributed by atoms with Crippen molar-refractivity contribution >= 4 is 23.4 Å². The van der Waals surface area contributed by atoms with E-state index in [2.05, 4.69) is 57.8 Å². The van der Waals surface area contributed by atoms with Crippen molar-refractivity contribution in [3.8, 4) is 0 Å². The van der Waals surface area contributed by atoms with Crippen LogP contribution in [-0.4, -0.2) is 29.0 Å². The number of aryl methyl sites for hydroxylation is 1. The van der Waals surface area contributed by atoms with Crippen molar-refractivity contribution in [1.29, 1.82) is 0 Å². The van der Waals surface area contributed by atoms with Crippen LogP contribution in [0.5, 0.6) is 0 Å². The summed E-state index contributed by atoms with van der Waals surface area (Å²) in [6.45, 7) is 2.47. The van der Waals surface area contributed by atoms with Crippen LogP contribution in [0.15, 0.2) is 48.5 Å². The van der Waals surface area contributed by atoms with Crippen LogP contribution in [0.2, 0.25) is 5.02 Å². The lowest BCUT2D eigenvalue weighted by Gasteiger charge is -2.46. The molecule has 32 heavy (non-hydrogen) atoms. The number of fused-ring (bicyclic) bond motifs is 3. The average molecular weight is 454 g/mol. The third kappa shape index (κ3) is 4.01. The zero-order valence-corrected chi connectivity index (χ0v) is 18.7. The Morgan fingerprint density at radius 2 is 1.94 bits per heavy atom. The number of hydrogen-bond donors (Lipinski definition) is 4. The molecule has 1 saturated carbocycles. The highest BCUT2D eigenvalue weighted by Crippen LogP contribution is 2.38. The number of nitrogens with one attached hydrogen (secondary N) is 4. The second-order valence-corrected chi connectivity index (χ2v) is 9.41. The van der Waals surface area contributed by atoms with Crippen molar-refractivity contribution in [2.45, 2.75) is 51.0 Å². The van der Waals surface area contributed by atoms with Gasteiger partial charge in [-0.3, -0.25) is 9.59 Å². The summed E-state index contributed by atoms with van der Waals surface area (Å²) in [5.74, 6) is -0.155. The first-order valence-electron chi connectivity index (χ1n) is 11.2. The Kier molecular flexibility index (Phi) is 5.90. The molecule has 0 spiro atoms. The van der Waals surface area contributed by atoms with E-state index in [-0.39, 0.29) is 41.9 Å². The number of hydrazine groups is 2. The standard InChI is InChI=1S/C24H28ClN5O2/c1-14-6-8-15(9-7-14)21-22-27-24(32)18-11-10-16(12-20(18)30(22)29-28-21)23(31)26-13-17-4-2-3-5-19(17)25/h2-9,16,18,20-22,28-29H,10-13H2,1H3,(H,26,31)(H,27,32). The highest BCUT2D eigenvalue weighted by molar-refractivity contribution is 6.31. The van der Waals surface area contributed by atoms with Crippen molar-refractivity contribution < 1.29 is 9.59 Å². The molecule has 2 aromatic rings. The molecule has 5 unspecified atom stereocenters. The minimum absolute atomic E-state index is 0.0214. The van der Waals surface area contributed by atoms with Crippen LogP contribution < -0.4 is 21.6 Å². The Balaban J connectivity index is 1.27. The highest BCUT2D eigenvalue weighted by atomic mass is 35.5. The van der Waals surface area contributed by atoms with Gasteiger partial charge in [-0.05, 0) is 43.4 Å². The van der Waals surface area contributed by atoms with Crippen LogP contribution in [0.4, 0.5) is 0 Å². The van der Waals surface area contributed by atoms with Gasteiger partial charge in [-0.15, -0.1) is 0 Å². The minimum Gasteiger partial charge on any atom is -0.352 e. The second kappa shape index (κ2) is 8.83. The molecule has 0 aromatic heterocycles. The third-order valence-corrected chi connectivity index (χ3v) is 7.35. The average Bonchev–Trinajstić information content (AvgIpc) is 3.22. The van der Waals surface area contributed by atoms with Crippen LogP contribution in [-0.2, 0) is 16.1 Å². The van der Waals surface area contributed by atoms with Crippen LogP contribution in [0.3, 0.4) is 0 Å². The predicted molar refractivity (Wildman–Crippen MR) is 122 cm³/mol. The Labute approximate surface area is 192 Å². The fourth-order valence-electron chi connectivity index (χ4n) is 5.15. The maximum Gasteiger partial charge on any atom is 0.226 e. The summed E-state index contributed by atoms with van der Waals surface area (Å²) >= 11 is 6.22. The lowest BCUT2D eigenvalue weighted by Crippen LogP contribution is -2.65. The van der Waals surface area contributed by atoms with Crippen LogP contribution >= 0.6 is 11.6 Å². The number of nitrogens with zero attached hydrogens (tertiary/aromatic N) is 1. The molecule has 0 bridgehead atoms. The third-order valence-electron chi connectivity index (χ3n) is 6.98. The number of amides is 2. The van der Waals surface area contributed by atoms with Crippen molar-refractivity contribution in [3.05, 3.63) is 70.2 Å². The number of hydrogen-bond acceptors (Lipinski definition) is 5. The molecular formula is C24H28ClN5O2. The van der Waals surface area contributed by atoms with E-state index in [1.54, 1.807) is 0 Å². The molecule has 5 atom stereocenters. The van der Waals surface area contributed by atoms with E-state index < -0.39 is 0 Å². The Morgan fingerprint density at radius 3 is 2.72 bits per heavy atom. The van der Waals surface area contributed by atoms with E-state index in [9.17, 15) is 9.59 Å². The van der Waals surface area contributed by atoms with Gasteiger partial charge in [-0.2, -0.15) is 5.53 Å². The normalized spacial score (nSPS) is 29.7. The first-order valence-corrected chi connectivity index (χ1v) is 11.6. The lowest BCUT2D eigenvalue weighted by molar-refractivity contribution is -0.143. The van der Waals surface area contributed by atoms with Gasteiger partial charge in [0.2, 0.25) is 11.8 Å². The molecule has 2 aromatic carbocycles. The van der Waals surface area contributed by atoms with Gasteiger partial charge in [0.1, 0.15) is 6.17 Å². The smallest absolute Gasteiger partial charge is 0.226 e. The molecule has 3 aliphatic rings. The van der Waals surface area contributed by atoms with Gasteiger partial charge in [0.05, 0.1) is 12.0 Å². The number of rotatable bonds is 4. The van der Waals surface area contributed by atoms with Gasteiger partial charge >= 0.3 is 0 Å². The zero-order chi connectivity index (χ0) is 22.2. The van der Waals surface area contributed by atoms with Crippen LogP contribution in [0.25, 0.3) is 0 Å². The quantitative estimate of drug-likeness (QED) is 0.571. The van der Waals surface area contributed by atoms with Crippen LogP contribution in [0, 0.1) is 18.8 Å². The lowest BCUT2D eigenvalue weighted by atomic mass is 9.75. The summed E-state index contributed by atoms with van der Waals surface area (Å²) in [6.07, 6.45) is 1.84. The Hall–Kier alpha value is -2.45. The molecule has 4 N–H and O–H groups in total. The molecule has 2 heterocycles. The highest BCUT2D eigenvalue weighted by Gasteiger charge is 2.51. The Bertz CT molecular complexity index is 1010. The number of carbonyl (C=O) groups excluding carboxylic acids is 2. The van der Waals surface area contributed by atoms with Gasteiger partial charge in [0.25, 0.3) is 0 Å². The first kappa shape index (κ1) is 21.4. The molecule has 7 nitrogen and oxygen atoms in total. The molecule has 8 heteroatoms. The fraction of sp³-hybridized carbons (Fsp3) is 0.417. The van der Waals surface area contributed by atoms with Crippen molar-refractivity contribution in [1.82, 2.24) is 26.6 Å². The summed E-state index contributed by atoms with van der Waals surface area (Å²) in [6, 6.07) is 15.8. The second-order valence-electron chi connectivity index (χ2n) is 9.00. The summed E-state index contributed by atoms with van der Waals surface area (Å²) in [4.78, 5) is 25.9. The Morgan fingerprint density at radius 1 is 1.16 bits per heavy atom. The van der Waals surface area contributed by atoms with E-state index in [0.29, 0.717) is 30.8 Å². The molecule has 5 rings (SSSR count). The van der Waals surface area contributed by atoms with E-state index in [0.717, 1.165) is 11.1 Å². The summed E-state index contributed by atoms with van der Waals surface area (Å²) in [7, 11) is 0. The zero-order valence-electron chi connectivity index (χ0n) is 18.0. The fourth-order valence-corrected chi connectivity index (χ4v) is 5.36. The van der Waals surface area contributed by atoms with Crippen LogP contribution in [0.1, 0.15) is 42.0 Å². The van der Waals surface area contributed by atoms with Gasteiger partial charge in [-0.1, -0.05) is 59.6 Å². The largest absolute Gasteiger partial charge is 0.352 e. The monoisotopic (exact) mass is 453 g/mol. The van der Waals surface area contributed by atoms with Gasteiger partial charge in [0.15, 0.2) is 0 Å². The minimum atomic E-state index is -0.198. The van der Waals surface area contributed by atoms with Gasteiger partial charge in [0, 0.05) is 23.5 Å². The summed E-state index contributed by atoms with van der Waals surface area (Å²) in [5.41, 5.74) is 9.83. The molecule has 0 radical (unpaired) electrons. The van der Waals surface area contributed by atoms with E-state index >= 15 is 0 Å². The summed E-state index contributed by atoms with van der Waals surface area (Å²) < 4.78 is 0. The molecule has 2 amide bonds. The van der Waals surface area contributed by atoms with Gasteiger partial charge in [-0.25, -0.2) is 10.4 Å². The molecular weight excluding hydrogens is 426 g/mol. The SMILES string of the molecule is Cc1ccc(C2NNN3C4CC(C(=O)NCc5ccccc5Cl)CCC4C(=O)NC23)cc1. The topological polar surface area (TPSA) is 85.5 Å². The first-order chi connectivity index (χ1) is 15.5. The number of halogens is 1. The maximum absolute atomic E-state index is 12.9. The number of carbonyl (C=O) groups is 2. The van der Waals surface area contributed by atoms with E-state index in [4.69, 9.17) is 11.6 Å².